The number of piperidine rings is 1. The molecule has 3 rings (SSSR count). The van der Waals surface area contributed by atoms with Gasteiger partial charge in [-0.15, -0.1) is 0 Å². The first-order valence-corrected chi connectivity index (χ1v) is 11.4. The number of rotatable bonds is 8. The first-order valence-electron chi connectivity index (χ1n) is 11.0. The summed E-state index contributed by atoms with van der Waals surface area (Å²) in [6.07, 6.45) is 8.38. The van der Waals surface area contributed by atoms with Crippen LogP contribution in [0.25, 0.3) is 0 Å². The fraction of sp³-hybridized carbons (Fsp3) is 0.696. The van der Waals surface area contributed by atoms with Gasteiger partial charge in [-0.25, -0.2) is 0 Å². The minimum Gasteiger partial charge on any atom is -0.385 e. The molecule has 0 amide bonds. The van der Waals surface area contributed by atoms with Crippen LogP contribution in [0, 0.1) is 0 Å². The van der Waals surface area contributed by atoms with E-state index < -0.39 is 0 Å². The predicted molar refractivity (Wildman–Crippen MR) is 120 cm³/mol. The molecule has 1 aliphatic carbocycles. The van der Waals surface area contributed by atoms with Gasteiger partial charge in [0.15, 0.2) is 5.96 Å². The average molecular weight is 422 g/mol. The first kappa shape index (κ1) is 22.4. The van der Waals surface area contributed by atoms with Crippen LogP contribution in [0.5, 0.6) is 0 Å². The summed E-state index contributed by atoms with van der Waals surface area (Å²) in [7, 11) is 3.62. The lowest BCUT2D eigenvalue weighted by Crippen LogP contribution is -2.50. The van der Waals surface area contributed by atoms with Crippen LogP contribution in [-0.4, -0.2) is 64.0 Å². The molecule has 1 aliphatic heterocycles. The molecule has 1 saturated carbocycles. The number of likely N-dealkylation sites (tertiary alicyclic amines) is 1. The predicted octanol–water partition coefficient (Wildman–Crippen LogP) is 4.24. The van der Waals surface area contributed by atoms with E-state index >= 15 is 0 Å². The van der Waals surface area contributed by atoms with Gasteiger partial charge < -0.3 is 19.7 Å². The number of nitrogens with zero attached hydrogens (tertiary/aromatic N) is 2. The normalized spacial score (nSPS) is 20.2. The van der Waals surface area contributed by atoms with Crippen molar-refractivity contribution in [2.24, 2.45) is 4.99 Å². The summed E-state index contributed by atoms with van der Waals surface area (Å²) >= 11 is 6.29. The molecule has 1 saturated heterocycles. The van der Waals surface area contributed by atoms with Crippen LogP contribution in [0.15, 0.2) is 29.3 Å². The van der Waals surface area contributed by atoms with Gasteiger partial charge in [-0.05, 0) is 49.8 Å². The summed E-state index contributed by atoms with van der Waals surface area (Å²) in [5.41, 5.74) is 1.51. The van der Waals surface area contributed by atoms with Gasteiger partial charge in [-0.2, -0.15) is 0 Å². The summed E-state index contributed by atoms with van der Waals surface area (Å²) in [5.74, 6) is 1.01. The maximum Gasteiger partial charge on any atom is 0.193 e. The van der Waals surface area contributed by atoms with Gasteiger partial charge in [0.2, 0.25) is 0 Å². The maximum absolute atomic E-state index is 6.29. The second kappa shape index (κ2) is 11.2. The minimum absolute atomic E-state index is 0.156. The van der Waals surface area contributed by atoms with Crippen LogP contribution in [0.1, 0.15) is 50.5 Å². The smallest absolute Gasteiger partial charge is 0.193 e. The molecule has 1 heterocycles. The molecule has 29 heavy (non-hydrogen) atoms. The van der Waals surface area contributed by atoms with E-state index in [1.54, 1.807) is 7.11 Å². The van der Waals surface area contributed by atoms with E-state index in [2.05, 4.69) is 33.4 Å². The molecule has 162 valence electrons. The van der Waals surface area contributed by atoms with Crippen molar-refractivity contribution in [3.8, 4) is 0 Å². The van der Waals surface area contributed by atoms with E-state index in [1.165, 1.54) is 31.2 Å². The molecule has 0 unspecified atom stereocenters. The summed E-state index contributed by atoms with van der Waals surface area (Å²) in [5, 5.41) is 4.51. The third-order valence-electron chi connectivity index (χ3n) is 6.38. The molecular formula is C23H36ClN3O2. The van der Waals surface area contributed by atoms with Crippen LogP contribution in [0.4, 0.5) is 0 Å². The fourth-order valence-corrected chi connectivity index (χ4v) is 4.90. The molecule has 0 radical (unpaired) electrons. The van der Waals surface area contributed by atoms with Crippen molar-refractivity contribution in [1.82, 2.24) is 10.2 Å². The van der Waals surface area contributed by atoms with Crippen LogP contribution < -0.4 is 5.32 Å². The largest absolute Gasteiger partial charge is 0.385 e. The van der Waals surface area contributed by atoms with Crippen LogP contribution >= 0.6 is 11.6 Å². The van der Waals surface area contributed by atoms with Gasteiger partial charge in [-0.3, -0.25) is 4.99 Å². The molecular weight excluding hydrogens is 386 g/mol. The lowest BCUT2D eigenvalue weighted by molar-refractivity contribution is 0.00987. The average Bonchev–Trinajstić information content (AvgIpc) is 3.23. The van der Waals surface area contributed by atoms with Crippen molar-refractivity contribution in [2.45, 2.75) is 56.5 Å². The molecule has 2 fully saturated rings. The number of nitrogens with one attached hydrogen (secondary N) is 1. The molecule has 2 aliphatic rings. The van der Waals surface area contributed by atoms with Crippen molar-refractivity contribution in [3.63, 3.8) is 0 Å². The number of hydrogen-bond acceptors (Lipinski definition) is 3. The van der Waals surface area contributed by atoms with Gasteiger partial charge in [0.1, 0.15) is 0 Å². The Bertz CT molecular complexity index is 653. The highest BCUT2D eigenvalue weighted by Crippen LogP contribution is 2.41. The molecule has 0 atom stereocenters. The minimum atomic E-state index is 0.156. The Balaban J connectivity index is 1.52. The van der Waals surface area contributed by atoms with E-state index in [4.69, 9.17) is 21.1 Å². The number of aliphatic imine (C=N–C) groups is 1. The number of ether oxygens (including phenoxy) is 2. The van der Waals surface area contributed by atoms with Gasteiger partial charge in [0, 0.05) is 57.4 Å². The van der Waals surface area contributed by atoms with Crippen LogP contribution in [-0.2, 0) is 14.9 Å². The maximum atomic E-state index is 6.29. The monoisotopic (exact) mass is 421 g/mol. The topological polar surface area (TPSA) is 46.1 Å². The third kappa shape index (κ3) is 6.09. The number of halogens is 1. The molecule has 5 nitrogen and oxygen atoms in total. The highest BCUT2D eigenvalue weighted by molar-refractivity contribution is 6.30. The SMILES string of the molecule is CN=C(NCC1(c2cccc(Cl)c2)CCCC1)N1CCC(OCCCOC)CC1. The van der Waals surface area contributed by atoms with Crippen molar-refractivity contribution in [1.29, 1.82) is 0 Å². The molecule has 1 aromatic carbocycles. The lowest BCUT2D eigenvalue weighted by atomic mass is 9.79. The van der Waals surface area contributed by atoms with Crippen LogP contribution in [0.3, 0.4) is 0 Å². The number of benzene rings is 1. The zero-order chi connectivity index (χ0) is 20.5. The zero-order valence-corrected chi connectivity index (χ0v) is 18.7. The van der Waals surface area contributed by atoms with Crippen LogP contribution in [0.2, 0.25) is 5.02 Å². The molecule has 1 aromatic rings. The summed E-state index contributed by atoms with van der Waals surface area (Å²) < 4.78 is 11.1. The molecule has 1 N–H and O–H groups in total. The second-order valence-corrected chi connectivity index (χ2v) is 8.74. The third-order valence-corrected chi connectivity index (χ3v) is 6.62. The number of hydrogen-bond donors (Lipinski definition) is 1. The quantitative estimate of drug-likeness (QED) is 0.387. The molecule has 0 spiro atoms. The Morgan fingerprint density at radius 1 is 1.24 bits per heavy atom. The molecule has 6 heteroatoms. The summed E-state index contributed by atoms with van der Waals surface area (Å²) in [4.78, 5) is 6.95. The Kier molecular flexibility index (Phi) is 8.64. The fourth-order valence-electron chi connectivity index (χ4n) is 4.71. The van der Waals surface area contributed by atoms with E-state index in [1.807, 2.05) is 13.1 Å². The van der Waals surface area contributed by atoms with Gasteiger partial charge >= 0.3 is 0 Å². The molecule has 0 bridgehead atoms. The standard InChI is InChI=1S/C23H36ClN3O2/c1-25-22(27-13-9-21(10-14-27)29-16-6-15-28-2)26-18-23(11-3-4-12-23)19-7-5-8-20(24)17-19/h5,7-8,17,21H,3-4,6,9-16,18H2,1-2H3,(H,25,26). The zero-order valence-electron chi connectivity index (χ0n) is 18.0. The van der Waals surface area contributed by atoms with Gasteiger partial charge in [0.25, 0.3) is 0 Å². The van der Waals surface area contributed by atoms with E-state index in [9.17, 15) is 0 Å². The van der Waals surface area contributed by atoms with Gasteiger partial charge in [0.05, 0.1) is 6.10 Å². The Labute approximate surface area is 180 Å². The Hall–Kier alpha value is -1.30. The highest BCUT2D eigenvalue weighted by Gasteiger charge is 2.36. The van der Waals surface area contributed by atoms with E-state index in [0.717, 1.165) is 63.1 Å². The van der Waals surface area contributed by atoms with Crippen molar-refractivity contribution in [2.75, 3.05) is 47.0 Å². The van der Waals surface area contributed by atoms with Crippen molar-refractivity contribution < 1.29 is 9.47 Å². The Morgan fingerprint density at radius 2 is 2.00 bits per heavy atom. The second-order valence-electron chi connectivity index (χ2n) is 8.30. The number of methoxy groups -OCH3 is 1. The first-order chi connectivity index (χ1) is 14.2. The van der Waals surface area contributed by atoms with Crippen molar-refractivity contribution in [3.05, 3.63) is 34.9 Å². The van der Waals surface area contributed by atoms with E-state index in [-0.39, 0.29) is 5.41 Å². The summed E-state index contributed by atoms with van der Waals surface area (Å²) in [6.45, 7) is 4.43. The van der Waals surface area contributed by atoms with Crippen molar-refractivity contribution >= 4 is 17.6 Å². The number of guanidine groups is 1. The summed E-state index contributed by atoms with van der Waals surface area (Å²) in [6, 6.07) is 8.41. The van der Waals surface area contributed by atoms with Gasteiger partial charge in [-0.1, -0.05) is 36.6 Å². The molecule has 0 aromatic heterocycles. The Morgan fingerprint density at radius 3 is 2.66 bits per heavy atom. The van der Waals surface area contributed by atoms with E-state index in [0.29, 0.717) is 6.10 Å². The lowest BCUT2D eigenvalue weighted by Gasteiger charge is -2.36. The highest BCUT2D eigenvalue weighted by atomic mass is 35.5.